The molecule has 3 heteroatoms. The summed E-state index contributed by atoms with van der Waals surface area (Å²) in [6.45, 7) is 1.92. The highest BCUT2D eigenvalue weighted by Gasteiger charge is 2.18. The van der Waals surface area contributed by atoms with Crippen molar-refractivity contribution in [3.05, 3.63) is 24.0 Å². The first kappa shape index (κ1) is 9.84. The molecule has 0 saturated carbocycles. The lowest BCUT2D eigenvalue weighted by Gasteiger charge is -2.19. The van der Waals surface area contributed by atoms with E-state index in [1.165, 1.54) is 0 Å². The molecule has 1 aliphatic carbocycles. The molecule has 0 aliphatic heterocycles. The molecule has 3 nitrogen and oxygen atoms in total. The van der Waals surface area contributed by atoms with Crippen molar-refractivity contribution in [2.75, 3.05) is 0 Å². The predicted molar refractivity (Wildman–Crippen MR) is 49.4 cm³/mol. The molecule has 0 aromatic rings. The number of aliphatic hydroxyl groups excluding tert-OH is 1. The molecular weight excluding hydrogens is 168 g/mol. The van der Waals surface area contributed by atoms with Crippen LogP contribution in [0.5, 0.6) is 0 Å². The van der Waals surface area contributed by atoms with Gasteiger partial charge in [0, 0.05) is 6.42 Å². The van der Waals surface area contributed by atoms with E-state index >= 15 is 0 Å². The van der Waals surface area contributed by atoms with E-state index in [9.17, 15) is 4.79 Å². The van der Waals surface area contributed by atoms with Gasteiger partial charge in [0.15, 0.2) is 0 Å². The first-order valence-corrected chi connectivity index (χ1v) is 4.38. The average Bonchev–Trinajstić information content (AvgIpc) is 2.04. The highest BCUT2D eigenvalue weighted by atomic mass is 16.4. The largest absolute Gasteiger partial charge is 0.508 e. The normalized spacial score (nSPS) is 23.8. The number of aliphatic carboxylic acids is 1. The zero-order valence-electron chi connectivity index (χ0n) is 7.60. The minimum atomic E-state index is -0.764. The quantitative estimate of drug-likeness (QED) is 0.702. The van der Waals surface area contributed by atoms with Crippen molar-refractivity contribution in [2.45, 2.75) is 19.8 Å². The van der Waals surface area contributed by atoms with Crippen LogP contribution < -0.4 is 0 Å². The van der Waals surface area contributed by atoms with E-state index in [4.69, 9.17) is 10.2 Å². The van der Waals surface area contributed by atoms with Gasteiger partial charge in [-0.1, -0.05) is 13.0 Å². The van der Waals surface area contributed by atoms with Gasteiger partial charge in [0.25, 0.3) is 0 Å². The molecule has 0 aromatic heterocycles. The fourth-order valence-electron chi connectivity index (χ4n) is 1.47. The number of carboxylic acid groups (broad SMARTS) is 1. The maximum Gasteiger partial charge on any atom is 0.303 e. The maximum absolute atomic E-state index is 10.4. The Morgan fingerprint density at radius 3 is 2.92 bits per heavy atom. The Kier molecular flexibility index (Phi) is 3.12. The van der Waals surface area contributed by atoms with Crippen molar-refractivity contribution in [3.63, 3.8) is 0 Å². The summed E-state index contributed by atoms with van der Waals surface area (Å²) in [5, 5.41) is 17.6. The van der Waals surface area contributed by atoms with Crippen LogP contribution in [-0.4, -0.2) is 16.2 Å². The van der Waals surface area contributed by atoms with Gasteiger partial charge in [-0.3, -0.25) is 4.79 Å². The number of allylic oxidation sites excluding steroid dienone is 3. The summed E-state index contributed by atoms with van der Waals surface area (Å²) in [5.41, 5.74) is 0. The lowest BCUT2D eigenvalue weighted by atomic mass is 9.86. The summed E-state index contributed by atoms with van der Waals surface area (Å²) in [7, 11) is 0. The summed E-state index contributed by atoms with van der Waals surface area (Å²) >= 11 is 0. The van der Waals surface area contributed by atoms with Crippen LogP contribution in [0.25, 0.3) is 0 Å². The number of carbonyl (C=O) groups is 1. The van der Waals surface area contributed by atoms with Crippen molar-refractivity contribution in [1.82, 2.24) is 0 Å². The molecule has 0 aromatic carbocycles. The van der Waals surface area contributed by atoms with Crippen LogP contribution in [0.3, 0.4) is 0 Å². The van der Waals surface area contributed by atoms with E-state index in [0.29, 0.717) is 0 Å². The van der Waals surface area contributed by atoms with Gasteiger partial charge in [0.2, 0.25) is 0 Å². The molecule has 13 heavy (non-hydrogen) atoms. The van der Waals surface area contributed by atoms with E-state index < -0.39 is 5.97 Å². The lowest BCUT2D eigenvalue weighted by molar-refractivity contribution is -0.138. The third-order valence-corrected chi connectivity index (χ3v) is 2.34. The molecule has 0 radical (unpaired) electrons. The second-order valence-electron chi connectivity index (χ2n) is 3.46. The summed E-state index contributed by atoms with van der Waals surface area (Å²) in [4.78, 5) is 10.4. The van der Waals surface area contributed by atoms with Crippen LogP contribution in [-0.2, 0) is 4.79 Å². The van der Waals surface area contributed by atoms with Crippen molar-refractivity contribution >= 4 is 5.97 Å². The minimum Gasteiger partial charge on any atom is -0.508 e. The van der Waals surface area contributed by atoms with Gasteiger partial charge in [-0.05, 0) is 30.4 Å². The Labute approximate surface area is 77.4 Å². The monoisotopic (exact) mass is 182 g/mol. The van der Waals surface area contributed by atoms with E-state index in [1.807, 2.05) is 13.0 Å². The first-order chi connectivity index (χ1) is 6.09. The third kappa shape index (κ3) is 2.93. The lowest BCUT2D eigenvalue weighted by Crippen LogP contribution is -2.14. The standard InChI is InChI=1S/C10H14O3/c1-7(6-10(12)13)8-2-4-9(11)5-3-8/h2,4-5,7-8,11H,3,6H2,1H3,(H,12,13). The highest BCUT2D eigenvalue weighted by molar-refractivity contribution is 5.67. The van der Waals surface area contributed by atoms with E-state index in [1.54, 1.807) is 12.2 Å². The zero-order valence-corrected chi connectivity index (χ0v) is 7.60. The number of hydrogen-bond acceptors (Lipinski definition) is 2. The molecule has 2 atom stereocenters. The zero-order chi connectivity index (χ0) is 9.84. The maximum atomic E-state index is 10.4. The van der Waals surface area contributed by atoms with Crippen molar-refractivity contribution in [1.29, 1.82) is 0 Å². The van der Waals surface area contributed by atoms with Gasteiger partial charge in [-0.25, -0.2) is 0 Å². The summed E-state index contributed by atoms with van der Waals surface area (Å²) in [6.07, 6.45) is 6.15. The van der Waals surface area contributed by atoms with Gasteiger partial charge in [0.1, 0.15) is 5.76 Å². The van der Waals surface area contributed by atoms with Gasteiger partial charge < -0.3 is 10.2 Å². The Morgan fingerprint density at radius 1 is 1.77 bits per heavy atom. The second-order valence-corrected chi connectivity index (χ2v) is 3.46. The molecule has 2 N–H and O–H groups in total. The van der Waals surface area contributed by atoms with Crippen LogP contribution in [0.15, 0.2) is 24.0 Å². The van der Waals surface area contributed by atoms with Crippen LogP contribution in [0.4, 0.5) is 0 Å². The molecule has 0 bridgehead atoms. The summed E-state index contributed by atoms with van der Waals surface area (Å²) < 4.78 is 0. The number of carboxylic acids is 1. The Balaban J connectivity index is 2.47. The summed E-state index contributed by atoms with van der Waals surface area (Å²) in [5.74, 6) is -0.122. The molecule has 72 valence electrons. The number of aliphatic hydroxyl groups is 1. The van der Waals surface area contributed by atoms with E-state index in [-0.39, 0.29) is 24.0 Å². The Bertz CT molecular complexity index is 253. The molecule has 0 amide bonds. The molecule has 1 aliphatic rings. The molecule has 0 spiro atoms. The van der Waals surface area contributed by atoms with E-state index in [2.05, 4.69) is 0 Å². The Morgan fingerprint density at radius 2 is 2.46 bits per heavy atom. The number of hydrogen-bond donors (Lipinski definition) is 2. The SMILES string of the molecule is CC(CC(=O)O)C1C=CC(O)=CC1. The predicted octanol–water partition coefficient (Wildman–Crippen LogP) is 2.12. The van der Waals surface area contributed by atoms with Gasteiger partial charge in [0.05, 0.1) is 0 Å². The average molecular weight is 182 g/mol. The van der Waals surface area contributed by atoms with E-state index in [0.717, 1.165) is 6.42 Å². The van der Waals surface area contributed by atoms with Crippen molar-refractivity contribution < 1.29 is 15.0 Å². The van der Waals surface area contributed by atoms with Gasteiger partial charge in [-0.2, -0.15) is 0 Å². The fraction of sp³-hybridized carbons (Fsp3) is 0.500. The van der Waals surface area contributed by atoms with Crippen LogP contribution in [0.2, 0.25) is 0 Å². The Hall–Kier alpha value is -1.25. The molecule has 0 saturated heterocycles. The second kappa shape index (κ2) is 4.12. The van der Waals surface area contributed by atoms with Gasteiger partial charge in [-0.15, -0.1) is 0 Å². The molecular formula is C10H14O3. The molecule has 2 unspecified atom stereocenters. The van der Waals surface area contributed by atoms with Crippen molar-refractivity contribution in [3.8, 4) is 0 Å². The molecule has 0 heterocycles. The topological polar surface area (TPSA) is 57.5 Å². The van der Waals surface area contributed by atoms with Crippen LogP contribution in [0, 0.1) is 11.8 Å². The third-order valence-electron chi connectivity index (χ3n) is 2.34. The fourth-order valence-corrected chi connectivity index (χ4v) is 1.47. The van der Waals surface area contributed by atoms with Crippen LogP contribution in [0.1, 0.15) is 19.8 Å². The van der Waals surface area contributed by atoms with Crippen molar-refractivity contribution in [2.24, 2.45) is 11.8 Å². The minimum absolute atomic E-state index is 0.123. The van der Waals surface area contributed by atoms with Gasteiger partial charge >= 0.3 is 5.97 Å². The smallest absolute Gasteiger partial charge is 0.303 e. The highest BCUT2D eigenvalue weighted by Crippen LogP contribution is 2.25. The number of rotatable bonds is 3. The van der Waals surface area contributed by atoms with Crippen LogP contribution >= 0.6 is 0 Å². The molecule has 1 rings (SSSR count). The molecule has 0 fully saturated rings. The first-order valence-electron chi connectivity index (χ1n) is 4.38. The summed E-state index contributed by atoms with van der Waals surface area (Å²) in [6, 6.07) is 0.